The largest absolute Gasteiger partial charge is 0.465 e. The number of thioether (sulfide) groups is 1. The molecule has 1 aliphatic heterocycles. The van der Waals surface area contributed by atoms with Crippen molar-refractivity contribution in [1.82, 2.24) is 10.2 Å². The van der Waals surface area contributed by atoms with Gasteiger partial charge >= 0.3 is 0 Å². The van der Waals surface area contributed by atoms with E-state index in [2.05, 4.69) is 16.3 Å². The van der Waals surface area contributed by atoms with E-state index >= 15 is 0 Å². The number of rotatable bonds is 6. The Morgan fingerprint density at radius 2 is 2.06 bits per heavy atom. The quantitative estimate of drug-likeness (QED) is 0.326. The summed E-state index contributed by atoms with van der Waals surface area (Å²) in [6.07, 6.45) is 1.67. The molecule has 36 heavy (non-hydrogen) atoms. The van der Waals surface area contributed by atoms with Gasteiger partial charge in [0.05, 0.1) is 23.3 Å². The zero-order valence-electron chi connectivity index (χ0n) is 19.2. The van der Waals surface area contributed by atoms with Crippen molar-refractivity contribution < 1.29 is 14.0 Å². The molecule has 5 rings (SSSR count). The highest BCUT2D eigenvalue weighted by molar-refractivity contribution is 8.01. The molecule has 1 aromatic carbocycles. The molecule has 1 unspecified atom stereocenters. The number of halogens is 1. The predicted octanol–water partition coefficient (Wildman–Crippen LogP) is 5.37. The SMILES string of the molecule is Cc1ccc(C2C(C#N)=C(N)N(c3nnc(SCC(=O)c4ccc(Cl)cc4)s3)C3=C2C(=O)CCC3)o1. The summed E-state index contributed by atoms with van der Waals surface area (Å²) < 4.78 is 6.41. The summed E-state index contributed by atoms with van der Waals surface area (Å²) in [5.41, 5.74) is 8.57. The summed E-state index contributed by atoms with van der Waals surface area (Å²) in [7, 11) is 0. The molecular weight excluding hydrogens is 518 g/mol. The van der Waals surface area contributed by atoms with Gasteiger partial charge in [-0.05, 0) is 56.2 Å². The first-order chi connectivity index (χ1) is 17.4. The molecule has 182 valence electrons. The van der Waals surface area contributed by atoms with Crippen LogP contribution in [0.25, 0.3) is 0 Å². The molecule has 1 aliphatic carbocycles. The van der Waals surface area contributed by atoms with Crippen LogP contribution < -0.4 is 10.6 Å². The number of anilines is 1. The highest BCUT2D eigenvalue weighted by atomic mass is 35.5. The third-order valence-electron chi connectivity index (χ3n) is 6.04. The lowest BCUT2D eigenvalue weighted by Crippen LogP contribution is -2.38. The number of ketones is 2. The molecule has 0 amide bonds. The van der Waals surface area contributed by atoms with Crippen molar-refractivity contribution in [2.24, 2.45) is 5.73 Å². The molecule has 0 fully saturated rings. The van der Waals surface area contributed by atoms with Crippen LogP contribution in [0.2, 0.25) is 5.02 Å². The Morgan fingerprint density at radius 3 is 2.75 bits per heavy atom. The van der Waals surface area contributed by atoms with Gasteiger partial charge in [-0.3, -0.25) is 14.5 Å². The Kier molecular flexibility index (Phi) is 6.71. The predicted molar refractivity (Wildman–Crippen MR) is 138 cm³/mol. The van der Waals surface area contributed by atoms with Crippen molar-refractivity contribution in [2.45, 2.75) is 36.4 Å². The molecule has 11 heteroatoms. The first kappa shape index (κ1) is 24.3. The Balaban J connectivity index is 1.46. The summed E-state index contributed by atoms with van der Waals surface area (Å²) >= 11 is 8.42. The summed E-state index contributed by atoms with van der Waals surface area (Å²) in [4.78, 5) is 27.3. The maximum absolute atomic E-state index is 13.1. The molecule has 2 N–H and O–H groups in total. The number of nitriles is 1. The highest BCUT2D eigenvalue weighted by Crippen LogP contribution is 2.47. The van der Waals surface area contributed by atoms with E-state index in [1.807, 2.05) is 6.92 Å². The molecule has 3 aromatic rings. The van der Waals surface area contributed by atoms with E-state index in [1.165, 1.54) is 23.1 Å². The number of allylic oxidation sites excluding steroid dienone is 3. The molecule has 0 saturated heterocycles. The molecule has 3 heterocycles. The lowest BCUT2D eigenvalue weighted by Gasteiger charge is -2.37. The van der Waals surface area contributed by atoms with Crippen molar-refractivity contribution in [1.29, 1.82) is 5.26 Å². The Hall–Kier alpha value is -3.39. The molecular formula is C25H20ClN5O3S2. The number of aromatic nitrogens is 2. The van der Waals surface area contributed by atoms with Crippen LogP contribution in [0.5, 0.6) is 0 Å². The summed E-state index contributed by atoms with van der Waals surface area (Å²) in [5.74, 6) is 0.843. The van der Waals surface area contributed by atoms with E-state index in [-0.39, 0.29) is 28.7 Å². The van der Waals surface area contributed by atoms with Gasteiger partial charge in [0.1, 0.15) is 17.3 Å². The van der Waals surface area contributed by atoms with E-state index < -0.39 is 5.92 Å². The number of nitrogens with zero attached hydrogens (tertiary/aromatic N) is 4. The van der Waals surface area contributed by atoms with Crippen molar-refractivity contribution in [3.8, 4) is 6.07 Å². The fraction of sp³-hybridized carbons (Fsp3) is 0.240. The monoisotopic (exact) mass is 537 g/mol. The fourth-order valence-corrected chi connectivity index (χ4v) is 6.30. The first-order valence-corrected chi connectivity index (χ1v) is 13.3. The Bertz CT molecular complexity index is 1470. The zero-order chi connectivity index (χ0) is 25.4. The smallest absolute Gasteiger partial charge is 0.219 e. The van der Waals surface area contributed by atoms with Crippen LogP contribution in [0.1, 0.15) is 47.1 Å². The minimum atomic E-state index is -0.651. The van der Waals surface area contributed by atoms with Crippen LogP contribution >= 0.6 is 34.7 Å². The van der Waals surface area contributed by atoms with E-state index in [9.17, 15) is 14.9 Å². The third kappa shape index (κ3) is 4.46. The standard InChI is InChI=1S/C25H20ClN5O3S2/c1-13-5-10-20(34-13)21-16(11-27)23(28)31(17-3-2-4-18(32)22(17)21)24-29-30-25(36-24)35-12-19(33)14-6-8-15(26)9-7-14/h5-10,21H,2-4,12,28H2,1H3. The van der Waals surface area contributed by atoms with Crippen molar-refractivity contribution >= 4 is 51.4 Å². The van der Waals surface area contributed by atoms with Gasteiger partial charge in [-0.2, -0.15) is 5.26 Å². The molecule has 0 radical (unpaired) electrons. The van der Waals surface area contributed by atoms with Gasteiger partial charge in [0.2, 0.25) is 5.13 Å². The number of hydrogen-bond acceptors (Lipinski definition) is 10. The zero-order valence-corrected chi connectivity index (χ0v) is 21.5. The average Bonchev–Trinajstić information content (AvgIpc) is 3.51. The summed E-state index contributed by atoms with van der Waals surface area (Å²) in [6.45, 7) is 1.81. The van der Waals surface area contributed by atoms with Crippen LogP contribution in [-0.4, -0.2) is 27.5 Å². The van der Waals surface area contributed by atoms with Crippen molar-refractivity contribution in [2.75, 3.05) is 10.7 Å². The second-order valence-electron chi connectivity index (χ2n) is 8.33. The van der Waals surface area contributed by atoms with Crippen LogP contribution in [0.3, 0.4) is 0 Å². The van der Waals surface area contributed by atoms with Gasteiger partial charge in [-0.15, -0.1) is 10.2 Å². The summed E-state index contributed by atoms with van der Waals surface area (Å²) in [6, 6.07) is 12.5. The number of hydrogen-bond donors (Lipinski definition) is 1. The maximum Gasteiger partial charge on any atom is 0.219 e. The normalized spacial score (nSPS) is 17.9. The maximum atomic E-state index is 13.1. The number of nitrogens with two attached hydrogens (primary N) is 1. The number of aryl methyl sites for hydroxylation is 1. The fourth-order valence-electron chi connectivity index (χ4n) is 4.40. The van der Waals surface area contributed by atoms with E-state index in [0.717, 1.165) is 0 Å². The second-order valence-corrected chi connectivity index (χ2v) is 10.9. The Labute approximate surface area is 220 Å². The topological polar surface area (TPSA) is 126 Å². The molecule has 2 aromatic heterocycles. The van der Waals surface area contributed by atoms with E-state index in [4.69, 9.17) is 21.8 Å². The third-order valence-corrected chi connectivity index (χ3v) is 8.33. The molecule has 1 atom stereocenters. The lowest BCUT2D eigenvalue weighted by molar-refractivity contribution is -0.116. The lowest BCUT2D eigenvalue weighted by atomic mass is 9.78. The first-order valence-electron chi connectivity index (χ1n) is 11.1. The van der Waals surface area contributed by atoms with Crippen molar-refractivity contribution in [3.05, 3.63) is 81.2 Å². The van der Waals surface area contributed by atoms with Crippen LogP contribution in [-0.2, 0) is 4.79 Å². The van der Waals surface area contributed by atoms with Gasteiger partial charge in [0.15, 0.2) is 15.9 Å². The molecule has 8 nitrogen and oxygen atoms in total. The van der Waals surface area contributed by atoms with Gasteiger partial charge in [0, 0.05) is 28.3 Å². The number of benzene rings is 1. The summed E-state index contributed by atoms with van der Waals surface area (Å²) in [5, 5.41) is 19.6. The molecule has 2 aliphatic rings. The molecule has 0 saturated carbocycles. The number of carbonyl (C=O) groups is 2. The van der Waals surface area contributed by atoms with Gasteiger partial charge < -0.3 is 10.2 Å². The highest BCUT2D eigenvalue weighted by Gasteiger charge is 2.42. The van der Waals surface area contributed by atoms with Crippen LogP contribution in [0.15, 0.2) is 67.8 Å². The van der Waals surface area contributed by atoms with Gasteiger partial charge in [-0.25, -0.2) is 0 Å². The van der Waals surface area contributed by atoms with Crippen molar-refractivity contribution in [3.63, 3.8) is 0 Å². The number of Topliss-reactive ketones (excluding diaryl/α,β-unsaturated/α-hetero) is 2. The van der Waals surface area contributed by atoms with E-state index in [1.54, 1.807) is 41.3 Å². The Morgan fingerprint density at radius 1 is 1.28 bits per heavy atom. The minimum Gasteiger partial charge on any atom is -0.465 e. The van der Waals surface area contributed by atoms with E-state index in [0.29, 0.717) is 62.1 Å². The van der Waals surface area contributed by atoms with Gasteiger partial charge in [0.25, 0.3) is 0 Å². The van der Waals surface area contributed by atoms with Crippen LogP contribution in [0, 0.1) is 18.3 Å². The molecule has 0 bridgehead atoms. The molecule has 0 spiro atoms. The van der Waals surface area contributed by atoms with Gasteiger partial charge in [-0.1, -0.05) is 34.7 Å². The minimum absolute atomic E-state index is 0.0340. The number of furan rings is 1. The van der Waals surface area contributed by atoms with Crippen LogP contribution in [0.4, 0.5) is 5.13 Å². The second kappa shape index (κ2) is 9.93. The number of carbonyl (C=O) groups excluding carboxylic acids is 2. The average molecular weight is 538 g/mol.